The number of hydrogen-bond donors (Lipinski definition) is 1. The number of anilines is 1. The maximum atomic E-state index is 13.8. The quantitative estimate of drug-likeness (QED) is 0.386. The van der Waals surface area contributed by atoms with E-state index in [9.17, 15) is 14.4 Å². The van der Waals surface area contributed by atoms with Gasteiger partial charge < -0.3 is 14.8 Å². The molecule has 5 nitrogen and oxygen atoms in total. The molecule has 3 aromatic carbocycles. The van der Waals surface area contributed by atoms with Crippen molar-refractivity contribution in [3.05, 3.63) is 94.3 Å². The number of methoxy groups -OCH3 is 1. The van der Waals surface area contributed by atoms with Crippen LogP contribution in [0, 0.1) is 17.1 Å². The van der Waals surface area contributed by atoms with Crippen LogP contribution < -0.4 is 14.8 Å². The molecule has 0 aliphatic carbocycles. The first-order valence-corrected chi connectivity index (χ1v) is 9.61. The van der Waals surface area contributed by atoms with Crippen LogP contribution in [0.3, 0.4) is 0 Å². The number of benzene rings is 3. The Morgan fingerprint density at radius 2 is 1.87 bits per heavy atom. The molecule has 3 rings (SSSR count). The predicted octanol–water partition coefficient (Wildman–Crippen LogP) is 5.61. The van der Waals surface area contributed by atoms with Crippen molar-refractivity contribution in [3.63, 3.8) is 0 Å². The van der Waals surface area contributed by atoms with Crippen molar-refractivity contribution in [2.24, 2.45) is 0 Å². The summed E-state index contributed by atoms with van der Waals surface area (Å²) < 4.78 is 24.9. The average Bonchev–Trinajstić information content (AvgIpc) is 2.78. The average molecular weight is 437 g/mol. The number of carbonyl (C=O) groups is 1. The first-order valence-electron chi connectivity index (χ1n) is 9.23. The summed E-state index contributed by atoms with van der Waals surface area (Å²) in [5.74, 6) is -0.420. The Morgan fingerprint density at radius 1 is 1.16 bits per heavy atom. The topological polar surface area (TPSA) is 71.3 Å². The molecule has 7 heteroatoms. The SMILES string of the molecule is COc1cc(/C=C(/C#N)C(=O)Nc2ccccc2)cc(Cl)c1OCc1ccccc1F. The molecule has 156 valence electrons. The second-order valence-electron chi connectivity index (χ2n) is 6.40. The second kappa shape index (κ2) is 10.3. The normalized spacial score (nSPS) is 10.8. The number of rotatable bonds is 7. The Kier molecular flexibility index (Phi) is 7.26. The van der Waals surface area contributed by atoms with Crippen molar-refractivity contribution in [2.75, 3.05) is 12.4 Å². The van der Waals surface area contributed by atoms with E-state index >= 15 is 0 Å². The van der Waals surface area contributed by atoms with Crippen LogP contribution in [0.4, 0.5) is 10.1 Å². The maximum absolute atomic E-state index is 13.8. The highest BCUT2D eigenvalue weighted by molar-refractivity contribution is 6.32. The number of ether oxygens (including phenoxy) is 2. The van der Waals surface area contributed by atoms with E-state index in [0.717, 1.165) is 0 Å². The van der Waals surface area contributed by atoms with Crippen LogP contribution >= 0.6 is 11.6 Å². The fourth-order valence-corrected chi connectivity index (χ4v) is 3.04. The van der Waals surface area contributed by atoms with Gasteiger partial charge in [-0.1, -0.05) is 48.0 Å². The standard InChI is InChI=1S/C24H18ClFN2O3/c1-30-22-13-16(11-18(14-27)24(29)28-19-8-3-2-4-9-19)12-20(25)23(22)31-15-17-7-5-6-10-21(17)26/h2-13H,15H2,1H3,(H,28,29)/b18-11-. The van der Waals surface area contributed by atoms with Crippen molar-refractivity contribution in [1.82, 2.24) is 0 Å². The molecule has 0 aliphatic rings. The van der Waals surface area contributed by atoms with Gasteiger partial charge in [-0.25, -0.2) is 4.39 Å². The smallest absolute Gasteiger partial charge is 0.266 e. The first-order chi connectivity index (χ1) is 15.0. The fourth-order valence-electron chi connectivity index (χ4n) is 2.76. The number of hydrogen-bond acceptors (Lipinski definition) is 4. The van der Waals surface area contributed by atoms with Gasteiger partial charge in [-0.2, -0.15) is 5.26 Å². The largest absolute Gasteiger partial charge is 0.493 e. The van der Waals surface area contributed by atoms with Crippen LogP contribution in [0.5, 0.6) is 11.5 Å². The summed E-state index contributed by atoms with van der Waals surface area (Å²) >= 11 is 6.34. The highest BCUT2D eigenvalue weighted by atomic mass is 35.5. The molecule has 0 bridgehead atoms. The molecule has 3 aromatic rings. The Balaban J connectivity index is 1.83. The Hall–Kier alpha value is -3.82. The van der Waals surface area contributed by atoms with Crippen LogP contribution in [-0.2, 0) is 11.4 Å². The second-order valence-corrected chi connectivity index (χ2v) is 6.81. The van der Waals surface area contributed by atoms with Crippen molar-refractivity contribution >= 4 is 29.3 Å². The van der Waals surface area contributed by atoms with Gasteiger partial charge in [-0.15, -0.1) is 0 Å². The third-order valence-corrected chi connectivity index (χ3v) is 4.57. The summed E-state index contributed by atoms with van der Waals surface area (Å²) in [5, 5.41) is 12.3. The Labute approximate surface area is 184 Å². The first kappa shape index (κ1) is 21.9. The third-order valence-electron chi connectivity index (χ3n) is 4.29. The lowest BCUT2D eigenvalue weighted by Crippen LogP contribution is -2.13. The van der Waals surface area contributed by atoms with Gasteiger partial charge in [0.05, 0.1) is 12.1 Å². The van der Waals surface area contributed by atoms with Crippen LogP contribution in [0.1, 0.15) is 11.1 Å². The lowest BCUT2D eigenvalue weighted by Gasteiger charge is -2.14. The maximum Gasteiger partial charge on any atom is 0.266 e. The molecule has 0 saturated heterocycles. The minimum absolute atomic E-state index is 0.0408. The minimum Gasteiger partial charge on any atom is -0.493 e. The molecule has 31 heavy (non-hydrogen) atoms. The summed E-state index contributed by atoms with van der Waals surface area (Å²) in [6.45, 7) is -0.0408. The number of nitrogens with zero attached hydrogens (tertiary/aromatic N) is 1. The van der Waals surface area contributed by atoms with Gasteiger partial charge in [-0.05, 0) is 42.0 Å². The lowest BCUT2D eigenvalue weighted by atomic mass is 10.1. The van der Waals surface area contributed by atoms with Gasteiger partial charge in [0.2, 0.25) is 0 Å². The molecule has 0 unspecified atom stereocenters. The molecule has 0 aromatic heterocycles. The number of para-hydroxylation sites is 1. The van der Waals surface area contributed by atoms with Crippen molar-refractivity contribution < 1.29 is 18.7 Å². The molecule has 0 radical (unpaired) electrons. The molecule has 0 atom stereocenters. The highest BCUT2D eigenvalue weighted by Crippen LogP contribution is 2.37. The van der Waals surface area contributed by atoms with Crippen LogP contribution in [0.15, 0.2) is 72.3 Å². The Morgan fingerprint density at radius 3 is 2.55 bits per heavy atom. The summed E-state index contributed by atoms with van der Waals surface area (Å²) in [4.78, 5) is 12.4. The number of amides is 1. The molecule has 0 aliphatic heterocycles. The van der Waals surface area contributed by atoms with Gasteiger partial charge in [0.15, 0.2) is 11.5 Å². The molecule has 0 spiro atoms. The third kappa shape index (κ3) is 5.62. The molecule has 0 fully saturated rings. The van der Waals surface area contributed by atoms with E-state index in [0.29, 0.717) is 16.8 Å². The molecule has 0 saturated carbocycles. The monoisotopic (exact) mass is 436 g/mol. The fraction of sp³-hybridized carbons (Fsp3) is 0.0833. The summed E-state index contributed by atoms with van der Waals surface area (Å²) in [6, 6.07) is 20.1. The molecular weight excluding hydrogens is 419 g/mol. The van der Waals surface area contributed by atoms with E-state index in [2.05, 4.69) is 5.32 Å². The van der Waals surface area contributed by atoms with Crippen LogP contribution in [-0.4, -0.2) is 13.0 Å². The number of carbonyl (C=O) groups excluding carboxylic acids is 1. The zero-order chi connectivity index (χ0) is 22.2. The highest BCUT2D eigenvalue weighted by Gasteiger charge is 2.15. The number of nitrogens with one attached hydrogen (secondary N) is 1. The van der Waals surface area contributed by atoms with E-state index in [4.69, 9.17) is 21.1 Å². The van der Waals surface area contributed by atoms with E-state index in [1.165, 1.54) is 25.3 Å². The van der Waals surface area contributed by atoms with Gasteiger partial charge in [0, 0.05) is 11.3 Å². The summed E-state index contributed by atoms with van der Waals surface area (Å²) in [5.41, 5.74) is 1.30. The number of halogens is 2. The molecule has 1 N–H and O–H groups in total. The molecular formula is C24H18ClFN2O3. The zero-order valence-electron chi connectivity index (χ0n) is 16.6. The van der Waals surface area contributed by atoms with Crippen molar-refractivity contribution in [1.29, 1.82) is 5.26 Å². The minimum atomic E-state index is -0.552. The van der Waals surface area contributed by atoms with Crippen LogP contribution in [0.25, 0.3) is 6.08 Å². The predicted molar refractivity (Wildman–Crippen MR) is 117 cm³/mol. The van der Waals surface area contributed by atoms with Gasteiger partial charge >= 0.3 is 0 Å². The zero-order valence-corrected chi connectivity index (χ0v) is 17.3. The van der Waals surface area contributed by atoms with E-state index in [-0.39, 0.29) is 34.5 Å². The van der Waals surface area contributed by atoms with E-state index in [1.807, 2.05) is 12.1 Å². The summed E-state index contributed by atoms with van der Waals surface area (Å²) in [7, 11) is 1.43. The van der Waals surface area contributed by atoms with E-state index < -0.39 is 5.91 Å². The van der Waals surface area contributed by atoms with Gasteiger partial charge in [0.25, 0.3) is 5.91 Å². The number of nitriles is 1. The molecule has 0 heterocycles. The summed E-state index contributed by atoms with van der Waals surface area (Å²) in [6.07, 6.45) is 1.40. The lowest BCUT2D eigenvalue weighted by molar-refractivity contribution is -0.112. The van der Waals surface area contributed by atoms with Crippen LogP contribution in [0.2, 0.25) is 5.02 Å². The van der Waals surface area contributed by atoms with Crippen molar-refractivity contribution in [3.8, 4) is 17.6 Å². The van der Waals surface area contributed by atoms with E-state index in [1.54, 1.807) is 48.5 Å². The van der Waals surface area contributed by atoms with Crippen molar-refractivity contribution in [2.45, 2.75) is 6.61 Å². The van der Waals surface area contributed by atoms with Gasteiger partial charge in [0.1, 0.15) is 24.1 Å². The van der Waals surface area contributed by atoms with Gasteiger partial charge in [-0.3, -0.25) is 4.79 Å². The molecule has 1 amide bonds. The Bertz CT molecular complexity index is 1160.